The summed E-state index contributed by atoms with van der Waals surface area (Å²) in [7, 11) is 0. The van der Waals surface area contributed by atoms with Crippen LogP contribution in [0.2, 0.25) is 0 Å². The zero-order chi connectivity index (χ0) is 17.9. The maximum Gasteiger partial charge on any atom is 0.133 e. The van der Waals surface area contributed by atoms with Gasteiger partial charge in [-0.2, -0.15) is 5.10 Å². The Kier molecular flexibility index (Phi) is 5.30. The quantitative estimate of drug-likeness (QED) is 0.863. The summed E-state index contributed by atoms with van der Waals surface area (Å²) >= 11 is 0. The molecule has 0 bridgehead atoms. The highest BCUT2D eigenvalue weighted by molar-refractivity contribution is 5.55. The lowest BCUT2D eigenvalue weighted by molar-refractivity contribution is 0.152. The lowest BCUT2D eigenvalue weighted by atomic mass is 9.95. The van der Waals surface area contributed by atoms with Gasteiger partial charge in [0.1, 0.15) is 5.82 Å². The van der Waals surface area contributed by atoms with Crippen LogP contribution in [0, 0.1) is 0 Å². The van der Waals surface area contributed by atoms with Crippen LogP contribution >= 0.6 is 0 Å². The molecular formula is C22H32N4. The van der Waals surface area contributed by atoms with Crippen LogP contribution in [0.4, 0.5) is 5.82 Å². The van der Waals surface area contributed by atoms with Gasteiger partial charge in [-0.05, 0) is 69.3 Å². The van der Waals surface area contributed by atoms with E-state index < -0.39 is 0 Å². The summed E-state index contributed by atoms with van der Waals surface area (Å²) < 4.78 is 2.18. The van der Waals surface area contributed by atoms with Crippen LogP contribution in [0.5, 0.6) is 0 Å². The molecule has 1 unspecified atom stereocenters. The average Bonchev–Trinajstić information content (AvgIpc) is 2.88. The Morgan fingerprint density at radius 2 is 1.92 bits per heavy atom. The first kappa shape index (κ1) is 17.6. The van der Waals surface area contributed by atoms with E-state index in [1.807, 2.05) is 0 Å². The topological polar surface area (TPSA) is 33.1 Å². The number of anilines is 1. The van der Waals surface area contributed by atoms with Crippen LogP contribution in [-0.4, -0.2) is 34.3 Å². The summed E-state index contributed by atoms with van der Waals surface area (Å²) in [5.74, 6) is 1.24. The van der Waals surface area contributed by atoms with Crippen LogP contribution in [-0.2, 0) is 12.8 Å². The summed E-state index contributed by atoms with van der Waals surface area (Å²) in [6.45, 7) is 7.87. The van der Waals surface area contributed by atoms with Crippen molar-refractivity contribution < 1.29 is 0 Å². The number of aryl methyl sites for hydroxylation is 1. The van der Waals surface area contributed by atoms with Crippen LogP contribution in [0.3, 0.4) is 0 Å². The number of benzene rings is 1. The third kappa shape index (κ3) is 3.27. The Bertz CT molecular complexity index is 731. The number of nitrogens with one attached hydrogen (secondary N) is 1. The van der Waals surface area contributed by atoms with Crippen molar-refractivity contribution in [3.05, 3.63) is 41.1 Å². The molecule has 140 valence electrons. The second-order valence-corrected chi connectivity index (χ2v) is 7.67. The van der Waals surface area contributed by atoms with Crippen LogP contribution in [0.1, 0.15) is 68.8 Å². The van der Waals surface area contributed by atoms with Gasteiger partial charge in [-0.25, -0.2) is 4.68 Å². The summed E-state index contributed by atoms with van der Waals surface area (Å²) in [5.41, 5.74) is 5.35. The standard InChI is InChI=1S/C22H32N4/c1-3-17-11-13-18(14-12-17)26-22-19(9-5-7-15-23-22)21(24-26)20-10-6-8-16-25(20)4-2/h11-14,20,23H,3-10,15-16H2,1-2H3. The van der Waals surface area contributed by atoms with Crippen molar-refractivity contribution in [1.29, 1.82) is 0 Å². The van der Waals surface area contributed by atoms with E-state index in [4.69, 9.17) is 5.10 Å². The number of nitrogens with zero attached hydrogens (tertiary/aromatic N) is 3. The molecule has 0 radical (unpaired) electrons. The number of hydrogen-bond donors (Lipinski definition) is 1. The van der Waals surface area contributed by atoms with Gasteiger partial charge in [0.05, 0.1) is 17.4 Å². The van der Waals surface area contributed by atoms with Crippen molar-refractivity contribution in [2.45, 2.75) is 64.8 Å². The number of rotatable bonds is 4. The number of piperidine rings is 1. The van der Waals surface area contributed by atoms with Gasteiger partial charge in [-0.3, -0.25) is 4.90 Å². The highest BCUT2D eigenvalue weighted by Crippen LogP contribution is 2.37. The van der Waals surface area contributed by atoms with E-state index in [1.54, 1.807) is 0 Å². The minimum atomic E-state index is 0.485. The SMILES string of the molecule is CCc1ccc(-n2nc(C3CCCCN3CC)c3c2NCCCC3)cc1. The van der Waals surface area contributed by atoms with Crippen molar-refractivity contribution in [1.82, 2.24) is 14.7 Å². The Morgan fingerprint density at radius 3 is 2.69 bits per heavy atom. The van der Waals surface area contributed by atoms with Crippen LogP contribution < -0.4 is 5.32 Å². The largest absolute Gasteiger partial charge is 0.370 e. The first-order chi connectivity index (χ1) is 12.8. The minimum absolute atomic E-state index is 0.485. The van der Waals surface area contributed by atoms with Gasteiger partial charge in [-0.1, -0.05) is 32.4 Å². The molecule has 1 N–H and O–H groups in total. The second kappa shape index (κ2) is 7.83. The highest BCUT2D eigenvalue weighted by Gasteiger charge is 2.30. The summed E-state index contributed by atoms with van der Waals surface area (Å²) in [4.78, 5) is 2.63. The van der Waals surface area contributed by atoms with Gasteiger partial charge in [0, 0.05) is 12.1 Å². The van der Waals surface area contributed by atoms with Crippen LogP contribution in [0.25, 0.3) is 5.69 Å². The molecule has 1 atom stereocenters. The van der Waals surface area contributed by atoms with Gasteiger partial charge in [-0.15, -0.1) is 0 Å². The highest BCUT2D eigenvalue weighted by atomic mass is 15.4. The Labute approximate surface area is 157 Å². The fourth-order valence-corrected chi connectivity index (χ4v) is 4.54. The molecule has 1 saturated heterocycles. The fourth-order valence-electron chi connectivity index (χ4n) is 4.54. The van der Waals surface area contributed by atoms with E-state index in [9.17, 15) is 0 Å². The molecule has 4 heteroatoms. The van der Waals surface area contributed by atoms with Gasteiger partial charge < -0.3 is 5.32 Å². The van der Waals surface area contributed by atoms with Crippen molar-refractivity contribution in [2.24, 2.45) is 0 Å². The average molecular weight is 353 g/mol. The van der Waals surface area contributed by atoms with Crippen molar-refractivity contribution in [3.63, 3.8) is 0 Å². The number of hydrogen-bond acceptors (Lipinski definition) is 3. The third-order valence-electron chi connectivity index (χ3n) is 6.09. The van der Waals surface area contributed by atoms with Gasteiger partial charge in [0.2, 0.25) is 0 Å². The maximum atomic E-state index is 5.19. The Morgan fingerprint density at radius 1 is 1.08 bits per heavy atom. The predicted molar refractivity (Wildman–Crippen MR) is 108 cm³/mol. The van der Waals surface area contributed by atoms with Crippen molar-refractivity contribution in [3.8, 4) is 5.69 Å². The molecule has 3 heterocycles. The maximum absolute atomic E-state index is 5.19. The molecule has 2 aliphatic heterocycles. The monoisotopic (exact) mass is 352 g/mol. The third-order valence-corrected chi connectivity index (χ3v) is 6.09. The molecule has 2 aromatic rings. The Balaban J connectivity index is 1.78. The van der Waals surface area contributed by atoms with Gasteiger partial charge in [0.25, 0.3) is 0 Å². The van der Waals surface area contributed by atoms with E-state index in [-0.39, 0.29) is 0 Å². The lowest BCUT2D eigenvalue weighted by Crippen LogP contribution is -2.33. The summed E-state index contributed by atoms with van der Waals surface area (Å²) in [5, 5.41) is 8.89. The number of likely N-dealkylation sites (tertiary alicyclic amines) is 1. The number of aromatic nitrogens is 2. The second-order valence-electron chi connectivity index (χ2n) is 7.67. The lowest BCUT2D eigenvalue weighted by Gasteiger charge is -2.34. The molecule has 1 aromatic heterocycles. The van der Waals surface area contributed by atoms with Crippen molar-refractivity contribution >= 4 is 5.82 Å². The van der Waals surface area contributed by atoms with E-state index in [1.165, 1.54) is 67.0 Å². The molecule has 4 rings (SSSR count). The predicted octanol–water partition coefficient (Wildman–Crippen LogP) is 4.73. The molecule has 0 amide bonds. The zero-order valence-corrected chi connectivity index (χ0v) is 16.3. The van der Waals surface area contributed by atoms with E-state index in [0.717, 1.165) is 25.9 Å². The van der Waals surface area contributed by atoms with Crippen molar-refractivity contribution in [2.75, 3.05) is 25.0 Å². The molecule has 0 aliphatic carbocycles. The molecule has 26 heavy (non-hydrogen) atoms. The summed E-state index contributed by atoms with van der Waals surface area (Å²) in [6, 6.07) is 9.40. The zero-order valence-electron chi connectivity index (χ0n) is 16.3. The molecule has 1 aromatic carbocycles. The summed E-state index contributed by atoms with van der Waals surface area (Å²) in [6.07, 6.45) is 8.61. The molecule has 0 saturated carbocycles. The van der Waals surface area contributed by atoms with Gasteiger partial charge >= 0.3 is 0 Å². The molecule has 1 fully saturated rings. The minimum Gasteiger partial charge on any atom is -0.370 e. The first-order valence-corrected chi connectivity index (χ1v) is 10.5. The Hall–Kier alpha value is -1.81. The smallest absolute Gasteiger partial charge is 0.133 e. The first-order valence-electron chi connectivity index (χ1n) is 10.5. The fraction of sp³-hybridized carbons (Fsp3) is 0.591. The molecule has 4 nitrogen and oxygen atoms in total. The van der Waals surface area contributed by atoms with E-state index in [0.29, 0.717) is 6.04 Å². The van der Waals surface area contributed by atoms with Gasteiger partial charge in [0.15, 0.2) is 0 Å². The van der Waals surface area contributed by atoms with Crippen LogP contribution in [0.15, 0.2) is 24.3 Å². The molecule has 0 spiro atoms. The normalized spacial score (nSPS) is 21.1. The van der Waals surface area contributed by atoms with E-state index in [2.05, 4.69) is 53.0 Å². The van der Waals surface area contributed by atoms with E-state index >= 15 is 0 Å². The number of fused-ring (bicyclic) bond motifs is 1. The molecule has 2 aliphatic rings. The molecular weight excluding hydrogens is 320 g/mol.